The largest absolute Gasteiger partial charge is 0.476 e. The molecule has 0 aliphatic heterocycles. The molecule has 0 saturated heterocycles. The van der Waals surface area contributed by atoms with Crippen LogP contribution in [0.4, 0.5) is 0 Å². The minimum atomic E-state index is -3.55. The van der Waals surface area contributed by atoms with Crippen LogP contribution in [0.1, 0.15) is 33.3 Å². The number of nitrogens with one attached hydrogen (secondary N) is 1. The van der Waals surface area contributed by atoms with Gasteiger partial charge in [-0.3, -0.25) is 0 Å². The minimum absolute atomic E-state index is 0.242. The first-order chi connectivity index (χ1) is 13.1. The molecule has 7 heteroatoms. The van der Waals surface area contributed by atoms with Crippen molar-refractivity contribution in [3.05, 3.63) is 60.2 Å². The van der Waals surface area contributed by atoms with Crippen LogP contribution in [0, 0.1) is 0 Å². The Hall–Kier alpha value is -2.38. The second kappa shape index (κ2) is 9.21. The summed E-state index contributed by atoms with van der Waals surface area (Å²) < 4.78 is 38.2. The highest BCUT2D eigenvalue weighted by molar-refractivity contribution is 7.89. The third-order valence-corrected chi connectivity index (χ3v) is 5.62. The minimum Gasteiger partial charge on any atom is -0.476 e. The summed E-state index contributed by atoms with van der Waals surface area (Å²) in [7, 11) is -3.55. The lowest BCUT2D eigenvalue weighted by molar-refractivity contribution is -0.158. The van der Waals surface area contributed by atoms with Crippen molar-refractivity contribution >= 4 is 16.0 Å². The Balaban J connectivity index is 1.97. The van der Waals surface area contributed by atoms with Gasteiger partial charge in [0.05, 0.1) is 11.5 Å². The Labute approximate surface area is 166 Å². The highest BCUT2D eigenvalue weighted by Crippen LogP contribution is 2.21. The SMILES string of the molecule is CCOC(=O)C(C)(C)Oc1ccc(CC(C)NS(=O)(=O)c2ccccc2)cc1. The fraction of sp³-hybridized carbons (Fsp3) is 0.381. The van der Waals surface area contributed by atoms with Gasteiger partial charge in [0.2, 0.25) is 10.0 Å². The zero-order valence-corrected chi connectivity index (χ0v) is 17.5. The number of esters is 1. The molecule has 1 N–H and O–H groups in total. The summed E-state index contributed by atoms with van der Waals surface area (Å²) in [5.41, 5.74) is -0.139. The van der Waals surface area contributed by atoms with Gasteiger partial charge in [-0.2, -0.15) is 0 Å². The molecule has 0 spiro atoms. The molecule has 2 aromatic carbocycles. The molecule has 0 radical (unpaired) electrons. The number of carbonyl (C=O) groups is 1. The lowest BCUT2D eigenvalue weighted by Crippen LogP contribution is -2.39. The molecular formula is C21H27NO5S. The smallest absolute Gasteiger partial charge is 0.349 e. The maximum absolute atomic E-state index is 12.4. The number of hydrogen-bond donors (Lipinski definition) is 1. The average molecular weight is 406 g/mol. The highest BCUT2D eigenvalue weighted by atomic mass is 32.2. The number of ether oxygens (including phenoxy) is 2. The molecule has 0 aliphatic rings. The van der Waals surface area contributed by atoms with E-state index >= 15 is 0 Å². The second-order valence-electron chi connectivity index (χ2n) is 7.02. The zero-order valence-electron chi connectivity index (χ0n) is 16.6. The molecule has 2 rings (SSSR count). The Morgan fingerprint density at radius 2 is 1.68 bits per heavy atom. The van der Waals surface area contributed by atoms with E-state index < -0.39 is 21.6 Å². The fourth-order valence-corrected chi connectivity index (χ4v) is 3.93. The number of rotatable bonds is 9. The average Bonchev–Trinajstić information content (AvgIpc) is 2.63. The van der Waals surface area contributed by atoms with Gasteiger partial charge in [0, 0.05) is 6.04 Å². The van der Waals surface area contributed by atoms with Crippen molar-refractivity contribution in [2.24, 2.45) is 0 Å². The van der Waals surface area contributed by atoms with Crippen LogP contribution in [0.3, 0.4) is 0 Å². The van der Waals surface area contributed by atoms with Crippen molar-refractivity contribution in [1.82, 2.24) is 4.72 Å². The lowest BCUT2D eigenvalue weighted by atomic mass is 10.1. The maximum Gasteiger partial charge on any atom is 0.349 e. The summed E-state index contributed by atoms with van der Waals surface area (Å²) in [6.07, 6.45) is 0.521. The van der Waals surface area contributed by atoms with E-state index in [2.05, 4.69) is 4.72 Å². The van der Waals surface area contributed by atoms with Crippen molar-refractivity contribution in [3.63, 3.8) is 0 Å². The maximum atomic E-state index is 12.4. The molecule has 0 aliphatic carbocycles. The van der Waals surface area contributed by atoms with E-state index in [9.17, 15) is 13.2 Å². The fourth-order valence-electron chi connectivity index (χ4n) is 2.66. The normalized spacial score (nSPS) is 13.0. The molecule has 6 nitrogen and oxygen atoms in total. The summed E-state index contributed by atoms with van der Waals surface area (Å²) in [4.78, 5) is 12.2. The molecule has 2 aromatic rings. The van der Waals surface area contributed by atoms with Gasteiger partial charge in [0.15, 0.2) is 5.60 Å². The third kappa shape index (κ3) is 6.07. The van der Waals surface area contributed by atoms with Crippen LogP contribution in [0.15, 0.2) is 59.5 Å². The van der Waals surface area contributed by atoms with Gasteiger partial charge < -0.3 is 9.47 Å². The van der Waals surface area contributed by atoms with Gasteiger partial charge in [-0.25, -0.2) is 17.9 Å². The molecule has 0 fully saturated rings. The summed E-state index contributed by atoms with van der Waals surface area (Å²) >= 11 is 0. The van der Waals surface area contributed by atoms with Gasteiger partial charge in [-0.1, -0.05) is 30.3 Å². The van der Waals surface area contributed by atoms with Gasteiger partial charge in [-0.05, 0) is 63.9 Å². The van der Waals surface area contributed by atoms with E-state index in [1.54, 1.807) is 63.2 Å². The predicted octanol–water partition coefficient (Wildman–Crippen LogP) is 3.32. The van der Waals surface area contributed by atoms with Crippen LogP contribution < -0.4 is 9.46 Å². The Bertz CT molecular complexity index is 877. The first-order valence-electron chi connectivity index (χ1n) is 9.16. The van der Waals surface area contributed by atoms with Crippen molar-refractivity contribution in [1.29, 1.82) is 0 Å². The zero-order chi connectivity index (χ0) is 20.8. The van der Waals surface area contributed by atoms with Crippen LogP contribution >= 0.6 is 0 Å². The van der Waals surface area contributed by atoms with Gasteiger partial charge >= 0.3 is 5.97 Å². The van der Waals surface area contributed by atoms with Crippen LogP contribution in [0.25, 0.3) is 0 Å². The number of benzene rings is 2. The number of hydrogen-bond acceptors (Lipinski definition) is 5. The topological polar surface area (TPSA) is 81.7 Å². The molecule has 0 saturated carbocycles. The Morgan fingerprint density at radius 3 is 2.25 bits per heavy atom. The first kappa shape index (κ1) is 21.9. The van der Waals surface area contributed by atoms with Crippen LogP contribution in [-0.4, -0.2) is 32.6 Å². The van der Waals surface area contributed by atoms with E-state index in [1.807, 2.05) is 19.1 Å². The van der Waals surface area contributed by atoms with Crippen LogP contribution in [0.5, 0.6) is 5.75 Å². The van der Waals surface area contributed by atoms with Crippen molar-refractivity contribution in [2.75, 3.05) is 6.61 Å². The second-order valence-corrected chi connectivity index (χ2v) is 8.73. The molecule has 0 heterocycles. The molecule has 152 valence electrons. The Morgan fingerprint density at radius 1 is 1.07 bits per heavy atom. The van der Waals surface area contributed by atoms with Crippen molar-refractivity contribution in [3.8, 4) is 5.75 Å². The molecule has 1 unspecified atom stereocenters. The third-order valence-electron chi connectivity index (χ3n) is 4.02. The monoisotopic (exact) mass is 405 g/mol. The summed E-state index contributed by atoms with van der Waals surface area (Å²) in [6.45, 7) is 7.16. The van der Waals surface area contributed by atoms with Crippen molar-refractivity contribution < 1.29 is 22.7 Å². The van der Waals surface area contributed by atoms with Gasteiger partial charge in [0.1, 0.15) is 5.75 Å². The number of carbonyl (C=O) groups excluding carboxylic acids is 1. The quantitative estimate of drug-likeness (QED) is 0.647. The van der Waals surface area contributed by atoms with E-state index in [4.69, 9.17) is 9.47 Å². The molecule has 0 bridgehead atoms. The Kier molecular flexibility index (Phi) is 7.21. The predicted molar refractivity (Wildman–Crippen MR) is 108 cm³/mol. The first-order valence-corrected chi connectivity index (χ1v) is 10.6. The van der Waals surface area contributed by atoms with Crippen LogP contribution in [0.2, 0.25) is 0 Å². The highest BCUT2D eigenvalue weighted by Gasteiger charge is 2.31. The van der Waals surface area contributed by atoms with Gasteiger partial charge in [0.25, 0.3) is 0 Å². The standard InChI is InChI=1S/C21H27NO5S/c1-5-26-20(23)21(3,4)27-18-13-11-17(12-14-18)15-16(2)22-28(24,25)19-9-7-6-8-10-19/h6-14,16,22H,5,15H2,1-4H3. The summed E-state index contributed by atoms with van der Waals surface area (Å²) in [5, 5.41) is 0. The van der Waals surface area contributed by atoms with Crippen LogP contribution in [-0.2, 0) is 26.0 Å². The summed E-state index contributed by atoms with van der Waals surface area (Å²) in [5.74, 6) is 0.113. The molecule has 28 heavy (non-hydrogen) atoms. The number of sulfonamides is 1. The van der Waals surface area contributed by atoms with E-state index in [1.165, 1.54) is 0 Å². The lowest BCUT2D eigenvalue weighted by Gasteiger charge is -2.24. The molecule has 0 amide bonds. The van der Waals surface area contributed by atoms with Crippen molar-refractivity contribution in [2.45, 2.75) is 50.7 Å². The van der Waals surface area contributed by atoms with E-state index in [-0.39, 0.29) is 10.9 Å². The molecule has 0 aromatic heterocycles. The van der Waals surface area contributed by atoms with Gasteiger partial charge in [-0.15, -0.1) is 0 Å². The van der Waals surface area contributed by atoms with E-state index in [0.29, 0.717) is 18.8 Å². The molecular weight excluding hydrogens is 378 g/mol. The summed E-state index contributed by atoms with van der Waals surface area (Å²) in [6, 6.07) is 15.2. The van der Waals surface area contributed by atoms with E-state index in [0.717, 1.165) is 5.56 Å². The molecule has 1 atom stereocenters.